The Morgan fingerprint density at radius 1 is 0.902 bits per heavy atom. The van der Waals surface area contributed by atoms with Crippen molar-refractivity contribution in [3.05, 3.63) is 144 Å². The van der Waals surface area contributed by atoms with Crippen LogP contribution >= 0.6 is 0 Å². The van der Waals surface area contributed by atoms with Crippen LogP contribution < -0.4 is 4.31 Å². The van der Waals surface area contributed by atoms with Crippen LogP contribution in [0.3, 0.4) is 0 Å². The lowest BCUT2D eigenvalue weighted by Gasteiger charge is -2.50. The zero-order valence-corrected chi connectivity index (χ0v) is 29.2. The summed E-state index contributed by atoms with van der Waals surface area (Å²) in [6.45, 7) is 2.48. The van der Waals surface area contributed by atoms with Crippen LogP contribution in [0.4, 0.5) is 5.69 Å². The molecule has 0 aromatic heterocycles. The number of para-hydroxylation sites is 1. The van der Waals surface area contributed by atoms with E-state index in [1.807, 2.05) is 95.9 Å². The van der Waals surface area contributed by atoms with Crippen molar-refractivity contribution >= 4 is 27.6 Å². The molecule has 4 aromatic rings. The van der Waals surface area contributed by atoms with E-state index in [9.17, 15) is 8.42 Å². The first-order valence-corrected chi connectivity index (χ1v) is 19.4. The zero-order valence-electron chi connectivity index (χ0n) is 28.4. The summed E-state index contributed by atoms with van der Waals surface area (Å²) in [5, 5.41) is 0. The SMILES string of the molecule is CC[C@H]1[C@H]2[C@@H]3CCC=C4N(S(=O)(=O)c5ccccc5)c5ccccc5[C@@]43C[C@]2(C(=O)OCc2ccccc2)C(=O)N2[C@@H]1OC[C@H]2c1ccccc1. The molecule has 3 heterocycles. The van der Waals surface area contributed by atoms with E-state index >= 15 is 9.59 Å². The molecule has 8 nitrogen and oxygen atoms in total. The van der Waals surface area contributed by atoms with Gasteiger partial charge in [0.1, 0.15) is 12.8 Å². The molecule has 2 aliphatic carbocycles. The highest BCUT2D eigenvalue weighted by atomic mass is 32.2. The monoisotopic (exact) mass is 700 g/mol. The van der Waals surface area contributed by atoms with Gasteiger partial charge in [-0.2, -0.15) is 0 Å². The number of fused-ring (bicyclic) bond motifs is 4. The Morgan fingerprint density at radius 2 is 1.57 bits per heavy atom. The number of hydrogen-bond acceptors (Lipinski definition) is 6. The molecule has 0 bridgehead atoms. The number of piperidine rings is 1. The molecule has 1 amide bonds. The fourth-order valence-corrected chi connectivity index (χ4v) is 12.0. The average molecular weight is 701 g/mol. The van der Waals surface area contributed by atoms with Crippen molar-refractivity contribution in [2.24, 2.45) is 23.2 Å². The largest absolute Gasteiger partial charge is 0.460 e. The third-order valence-electron chi connectivity index (χ3n) is 12.3. The quantitative estimate of drug-likeness (QED) is 0.150. The Hall–Kier alpha value is -4.73. The number of nitrogens with zero attached hydrogens (tertiary/aromatic N) is 2. The minimum atomic E-state index is -4.05. The minimum Gasteiger partial charge on any atom is -0.460 e. The lowest BCUT2D eigenvalue weighted by Crippen LogP contribution is -2.63. The molecule has 260 valence electrons. The Labute approximate surface area is 298 Å². The second-order valence-corrected chi connectivity index (χ2v) is 16.3. The second-order valence-electron chi connectivity index (χ2n) is 14.5. The lowest BCUT2D eigenvalue weighted by atomic mass is 9.61. The molecule has 4 aromatic carbocycles. The van der Waals surface area contributed by atoms with Crippen LogP contribution in [0.1, 0.15) is 55.3 Å². The maximum Gasteiger partial charge on any atom is 0.322 e. The van der Waals surface area contributed by atoms with E-state index in [1.54, 1.807) is 30.3 Å². The highest BCUT2D eigenvalue weighted by molar-refractivity contribution is 7.93. The van der Waals surface area contributed by atoms with Crippen LogP contribution in [-0.4, -0.2) is 38.0 Å². The first-order chi connectivity index (χ1) is 24.8. The van der Waals surface area contributed by atoms with Crippen molar-refractivity contribution in [1.82, 2.24) is 4.90 Å². The maximum absolute atomic E-state index is 15.6. The normalized spacial score (nSPS) is 30.5. The van der Waals surface area contributed by atoms with E-state index in [-0.39, 0.29) is 41.7 Å². The van der Waals surface area contributed by atoms with Crippen molar-refractivity contribution in [2.45, 2.75) is 61.8 Å². The fourth-order valence-electron chi connectivity index (χ4n) is 10.4. The van der Waals surface area contributed by atoms with Crippen LogP contribution in [-0.2, 0) is 41.1 Å². The first kappa shape index (κ1) is 32.2. The van der Waals surface area contributed by atoms with Gasteiger partial charge in [0.2, 0.25) is 5.91 Å². The van der Waals surface area contributed by atoms with E-state index in [2.05, 4.69) is 6.92 Å². The number of sulfonamides is 1. The third kappa shape index (κ3) is 4.43. The highest BCUT2D eigenvalue weighted by Gasteiger charge is 2.78. The third-order valence-corrected chi connectivity index (χ3v) is 14.0. The Bertz CT molecular complexity index is 2140. The first-order valence-electron chi connectivity index (χ1n) is 17.9. The van der Waals surface area contributed by atoms with E-state index in [1.165, 1.54) is 4.31 Å². The van der Waals surface area contributed by atoms with Gasteiger partial charge >= 0.3 is 5.97 Å². The van der Waals surface area contributed by atoms with E-state index < -0.39 is 39.0 Å². The summed E-state index contributed by atoms with van der Waals surface area (Å²) < 4.78 is 43.7. The number of benzene rings is 4. The number of rotatable bonds is 7. The molecule has 0 unspecified atom stereocenters. The van der Waals surface area contributed by atoms with Gasteiger partial charge < -0.3 is 14.4 Å². The molecule has 1 spiro atoms. The number of esters is 1. The molecule has 9 rings (SSSR count). The van der Waals surface area contributed by atoms with Crippen molar-refractivity contribution < 1.29 is 27.5 Å². The van der Waals surface area contributed by atoms with Crippen LogP contribution in [0, 0.1) is 23.2 Å². The molecule has 2 saturated heterocycles. The van der Waals surface area contributed by atoms with E-state index in [0.29, 0.717) is 37.3 Å². The molecule has 5 aliphatic rings. The highest BCUT2D eigenvalue weighted by Crippen LogP contribution is 2.73. The molecule has 7 atom stereocenters. The van der Waals surface area contributed by atoms with Gasteiger partial charge in [0.15, 0.2) is 5.41 Å². The lowest BCUT2D eigenvalue weighted by molar-refractivity contribution is -0.191. The fraction of sp³-hybridized carbons (Fsp3) is 0.333. The number of carbonyl (C=O) groups excluding carboxylic acids is 2. The van der Waals surface area contributed by atoms with Gasteiger partial charge in [-0.15, -0.1) is 0 Å². The smallest absolute Gasteiger partial charge is 0.322 e. The number of anilines is 1. The molecule has 9 heteroatoms. The van der Waals surface area contributed by atoms with Gasteiger partial charge in [0.25, 0.3) is 10.0 Å². The number of ether oxygens (including phenoxy) is 2. The van der Waals surface area contributed by atoms with Crippen molar-refractivity contribution in [3.63, 3.8) is 0 Å². The summed E-state index contributed by atoms with van der Waals surface area (Å²) in [5.74, 6) is -1.66. The standard InChI is InChI=1S/C42H40N2O6S/c1-2-31-37-33-22-14-24-36-41(33,32-21-12-13-23-34(32)44(36)51(47,48)30-19-10-5-11-20-30)27-42(37,40(46)50-25-28-15-6-3-7-16-28)39(45)43-35(26-49-38(31)43)29-17-8-4-9-18-29/h3-13,15-21,23-24,31,33,35,37-38H,2,14,22,25-27H2,1H3/t31-,33-,35-,37-,38+,41+,42+/m0/s1. The van der Waals surface area contributed by atoms with Gasteiger partial charge in [-0.3, -0.25) is 9.59 Å². The van der Waals surface area contributed by atoms with Gasteiger partial charge in [0.05, 0.1) is 23.2 Å². The average Bonchev–Trinajstić information content (AvgIpc) is 3.84. The molecule has 1 saturated carbocycles. The van der Waals surface area contributed by atoms with Gasteiger partial charge in [-0.25, -0.2) is 12.7 Å². The number of allylic oxidation sites excluding steroid dienone is 2. The van der Waals surface area contributed by atoms with Gasteiger partial charge in [-0.1, -0.05) is 110 Å². The second kappa shape index (κ2) is 11.9. The number of hydrogen-bond donors (Lipinski definition) is 0. The predicted molar refractivity (Wildman–Crippen MR) is 191 cm³/mol. The Kier molecular flexibility index (Phi) is 7.53. The van der Waals surface area contributed by atoms with Crippen molar-refractivity contribution in [1.29, 1.82) is 0 Å². The summed E-state index contributed by atoms with van der Waals surface area (Å²) in [6.07, 6.45) is 3.63. The molecule has 3 aliphatic heterocycles. The Balaban J connectivity index is 1.24. The summed E-state index contributed by atoms with van der Waals surface area (Å²) in [5.41, 5.74) is 1.35. The van der Waals surface area contributed by atoms with Gasteiger partial charge in [0, 0.05) is 17.0 Å². The molecular weight excluding hydrogens is 661 g/mol. The zero-order chi connectivity index (χ0) is 35.0. The van der Waals surface area contributed by atoms with E-state index in [0.717, 1.165) is 16.7 Å². The molecule has 0 N–H and O–H groups in total. The van der Waals surface area contributed by atoms with Gasteiger partial charge in [-0.05, 0) is 72.4 Å². The molecule has 51 heavy (non-hydrogen) atoms. The molecule has 0 radical (unpaired) electrons. The topological polar surface area (TPSA) is 93.2 Å². The van der Waals surface area contributed by atoms with Crippen molar-refractivity contribution in [3.8, 4) is 0 Å². The molecular formula is C42H40N2O6S. The van der Waals surface area contributed by atoms with Crippen LogP contribution in [0.2, 0.25) is 0 Å². The summed E-state index contributed by atoms with van der Waals surface area (Å²) in [4.78, 5) is 32.8. The van der Waals surface area contributed by atoms with Crippen molar-refractivity contribution in [2.75, 3.05) is 10.9 Å². The van der Waals surface area contributed by atoms with Crippen LogP contribution in [0.5, 0.6) is 0 Å². The van der Waals surface area contributed by atoms with Crippen LogP contribution in [0.25, 0.3) is 0 Å². The summed E-state index contributed by atoms with van der Waals surface area (Å²) in [6, 6.07) is 35.2. The number of carbonyl (C=O) groups is 2. The summed E-state index contributed by atoms with van der Waals surface area (Å²) >= 11 is 0. The minimum absolute atomic E-state index is 0.0335. The predicted octanol–water partition coefficient (Wildman–Crippen LogP) is 7.14. The molecule has 3 fully saturated rings. The maximum atomic E-state index is 15.6. The number of amides is 1. The summed E-state index contributed by atoms with van der Waals surface area (Å²) in [7, 11) is -4.05. The Morgan fingerprint density at radius 3 is 2.29 bits per heavy atom. The van der Waals surface area contributed by atoms with Crippen LogP contribution in [0.15, 0.2) is 132 Å². The van der Waals surface area contributed by atoms with E-state index in [4.69, 9.17) is 9.47 Å².